The van der Waals surface area contributed by atoms with Gasteiger partial charge in [0, 0.05) is 43.2 Å². The molecule has 0 spiro atoms. The Morgan fingerprint density at radius 1 is 0.889 bits per heavy atom. The second-order valence-corrected chi connectivity index (χ2v) is 12.6. The van der Waals surface area contributed by atoms with Crippen molar-refractivity contribution in [2.75, 3.05) is 49.1 Å². The van der Waals surface area contributed by atoms with Gasteiger partial charge in [-0.25, -0.2) is 4.39 Å². The van der Waals surface area contributed by atoms with Crippen LogP contribution in [0.5, 0.6) is 0 Å². The van der Waals surface area contributed by atoms with Gasteiger partial charge in [-0.1, -0.05) is 78.0 Å². The van der Waals surface area contributed by atoms with Gasteiger partial charge >= 0.3 is 0 Å². The maximum absolute atomic E-state index is 14.1. The number of piperazine rings is 1. The van der Waals surface area contributed by atoms with Crippen LogP contribution in [0, 0.1) is 12.7 Å². The second-order valence-electron chi connectivity index (χ2n) is 11.5. The van der Waals surface area contributed by atoms with Crippen LogP contribution in [0.25, 0.3) is 6.08 Å². The van der Waals surface area contributed by atoms with E-state index in [-0.39, 0.29) is 17.6 Å². The van der Waals surface area contributed by atoms with E-state index >= 15 is 0 Å². The number of thioether (sulfide) groups is 1. The molecule has 0 unspecified atom stereocenters. The largest absolute Gasteiger partial charge is 0.367 e. The monoisotopic (exact) mass is 620 g/mol. The van der Waals surface area contributed by atoms with Gasteiger partial charge in [0.25, 0.3) is 11.8 Å². The molecule has 2 amide bonds. The van der Waals surface area contributed by atoms with Gasteiger partial charge in [0.1, 0.15) is 5.82 Å². The molecular formula is C37H37FN4O2S. The summed E-state index contributed by atoms with van der Waals surface area (Å²) >= 11 is 1.48. The second kappa shape index (κ2) is 14.1. The molecule has 1 N–H and O–H groups in total. The van der Waals surface area contributed by atoms with Crippen molar-refractivity contribution in [3.8, 4) is 0 Å². The summed E-state index contributed by atoms with van der Waals surface area (Å²) in [7, 11) is 0. The number of amides is 2. The number of hydrogen-bond acceptors (Lipinski definition) is 5. The summed E-state index contributed by atoms with van der Waals surface area (Å²) < 4.78 is 14.1. The van der Waals surface area contributed by atoms with Crippen LogP contribution >= 0.6 is 11.8 Å². The number of anilines is 2. The van der Waals surface area contributed by atoms with Crippen LogP contribution in [0.3, 0.4) is 0 Å². The van der Waals surface area contributed by atoms with Crippen molar-refractivity contribution >= 4 is 41.0 Å². The molecular weight excluding hydrogens is 583 g/mol. The third kappa shape index (κ3) is 7.47. The number of rotatable bonds is 9. The fourth-order valence-electron chi connectivity index (χ4n) is 5.82. The SMILES string of the molecule is Cc1cccc(CN2C(=O)/C(=C\c3ccc(C(=O)NCCCN4CCN(c5ccccc5F)CC4)cc3)Sc3ccccc32)c1. The van der Waals surface area contributed by atoms with E-state index in [4.69, 9.17) is 0 Å². The Hall–Kier alpha value is -4.40. The van der Waals surface area contributed by atoms with Crippen LogP contribution in [0.4, 0.5) is 15.8 Å². The fraction of sp³-hybridized carbons (Fsp3) is 0.243. The molecule has 0 saturated carbocycles. The Morgan fingerprint density at radius 2 is 1.62 bits per heavy atom. The van der Waals surface area contributed by atoms with Gasteiger partial charge in [0.2, 0.25) is 0 Å². The summed E-state index contributed by atoms with van der Waals surface area (Å²) in [6.07, 6.45) is 2.75. The van der Waals surface area contributed by atoms with Crippen LogP contribution in [0.2, 0.25) is 0 Å². The Balaban J connectivity index is 1.01. The van der Waals surface area contributed by atoms with Crippen molar-refractivity contribution in [3.05, 3.63) is 130 Å². The third-order valence-electron chi connectivity index (χ3n) is 8.23. The standard InChI is InChI=1S/C37H37FN4O2S/c1-27-8-6-9-29(24-27)26-42-33-12-4-5-13-34(33)45-35(37(42)44)25-28-14-16-30(17-15-28)36(43)39-18-7-19-40-20-22-41(23-21-40)32-11-3-2-10-31(32)38/h2-6,8-17,24-25H,7,18-23,26H2,1H3,(H,39,43)/b35-25+. The van der Waals surface area contributed by atoms with Gasteiger partial charge < -0.3 is 15.1 Å². The lowest BCUT2D eigenvalue weighted by atomic mass is 10.1. The van der Waals surface area contributed by atoms with Crippen LogP contribution in [-0.2, 0) is 11.3 Å². The minimum Gasteiger partial charge on any atom is -0.367 e. The number of aryl methyl sites for hydroxylation is 1. The minimum atomic E-state index is -0.175. The topological polar surface area (TPSA) is 55.9 Å². The minimum absolute atomic E-state index is 0.0318. The van der Waals surface area contributed by atoms with Crippen LogP contribution in [0.15, 0.2) is 107 Å². The van der Waals surface area contributed by atoms with Gasteiger partial charge in [0.15, 0.2) is 0 Å². The molecule has 4 aromatic carbocycles. The molecule has 0 atom stereocenters. The molecule has 0 aliphatic carbocycles. The lowest BCUT2D eigenvalue weighted by Crippen LogP contribution is -2.47. The number of benzene rings is 4. The molecule has 1 fully saturated rings. The quantitative estimate of drug-likeness (QED) is 0.166. The molecule has 0 bridgehead atoms. The van der Waals surface area contributed by atoms with Gasteiger partial charge in [-0.15, -0.1) is 0 Å². The van der Waals surface area contributed by atoms with E-state index in [1.165, 1.54) is 17.8 Å². The molecule has 2 heterocycles. The van der Waals surface area contributed by atoms with E-state index in [9.17, 15) is 14.0 Å². The molecule has 2 aliphatic heterocycles. The van der Waals surface area contributed by atoms with E-state index in [1.807, 2.05) is 71.6 Å². The third-order valence-corrected chi connectivity index (χ3v) is 9.31. The maximum atomic E-state index is 14.1. The molecule has 6 rings (SSSR count). The average Bonchev–Trinajstić information content (AvgIpc) is 3.06. The molecule has 4 aromatic rings. The number of carbonyl (C=O) groups excluding carboxylic acids is 2. The normalized spacial score (nSPS) is 16.1. The highest BCUT2D eigenvalue weighted by Gasteiger charge is 2.29. The first-order valence-electron chi connectivity index (χ1n) is 15.4. The number of fused-ring (bicyclic) bond motifs is 1. The van der Waals surface area contributed by atoms with Gasteiger partial charge in [-0.2, -0.15) is 0 Å². The number of nitrogens with zero attached hydrogens (tertiary/aromatic N) is 3. The van der Waals surface area contributed by atoms with E-state index in [1.54, 1.807) is 18.2 Å². The predicted molar refractivity (Wildman–Crippen MR) is 181 cm³/mol. The van der Waals surface area contributed by atoms with E-state index < -0.39 is 0 Å². The smallest absolute Gasteiger partial charge is 0.265 e. The van der Waals surface area contributed by atoms with Crippen LogP contribution in [-0.4, -0.2) is 56.0 Å². The van der Waals surface area contributed by atoms with Gasteiger partial charge in [-0.3, -0.25) is 14.5 Å². The van der Waals surface area contributed by atoms with Crippen molar-refractivity contribution < 1.29 is 14.0 Å². The summed E-state index contributed by atoms with van der Waals surface area (Å²) in [6, 6.07) is 30.5. The maximum Gasteiger partial charge on any atom is 0.265 e. The molecule has 2 aliphatic rings. The lowest BCUT2D eigenvalue weighted by molar-refractivity contribution is -0.114. The Labute approximate surface area is 268 Å². The van der Waals surface area contributed by atoms with Crippen molar-refractivity contribution in [3.63, 3.8) is 0 Å². The first kappa shape index (κ1) is 30.6. The van der Waals surface area contributed by atoms with Gasteiger partial charge in [-0.05, 0) is 73.5 Å². The molecule has 0 radical (unpaired) electrons. The summed E-state index contributed by atoms with van der Waals surface area (Å²) in [5, 5.41) is 3.03. The van der Waals surface area contributed by atoms with Crippen molar-refractivity contribution in [2.24, 2.45) is 0 Å². The van der Waals surface area contributed by atoms with Crippen molar-refractivity contribution in [1.29, 1.82) is 0 Å². The first-order chi connectivity index (χ1) is 21.9. The summed E-state index contributed by atoms with van der Waals surface area (Å²) in [6.45, 7) is 7.34. The molecule has 45 heavy (non-hydrogen) atoms. The zero-order valence-electron chi connectivity index (χ0n) is 25.4. The highest BCUT2D eigenvalue weighted by Crippen LogP contribution is 2.42. The summed E-state index contributed by atoms with van der Waals surface area (Å²) in [5.74, 6) is -0.318. The van der Waals surface area contributed by atoms with E-state index in [2.05, 4.69) is 34.2 Å². The molecule has 8 heteroatoms. The van der Waals surface area contributed by atoms with E-state index in [0.717, 1.165) is 66.4 Å². The number of nitrogens with one attached hydrogen (secondary N) is 1. The zero-order chi connectivity index (χ0) is 31.2. The molecule has 1 saturated heterocycles. The van der Waals surface area contributed by atoms with Crippen LogP contribution in [0.1, 0.15) is 33.5 Å². The highest BCUT2D eigenvalue weighted by atomic mass is 32.2. The predicted octanol–water partition coefficient (Wildman–Crippen LogP) is 6.76. The fourth-order valence-corrected chi connectivity index (χ4v) is 6.88. The zero-order valence-corrected chi connectivity index (χ0v) is 26.2. The number of para-hydroxylation sites is 2. The number of halogens is 1. The van der Waals surface area contributed by atoms with Gasteiger partial charge in [0.05, 0.1) is 22.8 Å². The van der Waals surface area contributed by atoms with Crippen molar-refractivity contribution in [2.45, 2.75) is 24.8 Å². The number of carbonyl (C=O) groups is 2. The van der Waals surface area contributed by atoms with E-state index in [0.29, 0.717) is 29.2 Å². The highest BCUT2D eigenvalue weighted by molar-refractivity contribution is 8.04. The molecule has 0 aromatic heterocycles. The summed E-state index contributed by atoms with van der Waals surface area (Å²) in [4.78, 5) is 34.5. The first-order valence-corrected chi connectivity index (χ1v) is 16.2. The lowest BCUT2D eigenvalue weighted by Gasteiger charge is -2.36. The number of hydrogen-bond donors (Lipinski definition) is 1. The Bertz CT molecular complexity index is 1700. The molecule has 230 valence electrons. The Kier molecular flexibility index (Phi) is 9.62. The van der Waals surface area contributed by atoms with Crippen LogP contribution < -0.4 is 15.1 Å². The van der Waals surface area contributed by atoms with Crippen molar-refractivity contribution in [1.82, 2.24) is 10.2 Å². The summed E-state index contributed by atoms with van der Waals surface area (Å²) in [5.41, 5.74) is 5.29. The Morgan fingerprint density at radius 3 is 2.38 bits per heavy atom. The average molecular weight is 621 g/mol. The molecule has 6 nitrogen and oxygen atoms in total.